The van der Waals surface area contributed by atoms with Gasteiger partial charge in [0.1, 0.15) is 23.1 Å². The van der Waals surface area contributed by atoms with Crippen molar-refractivity contribution >= 4 is 65.0 Å². The smallest absolute Gasteiger partial charge is 0.303 e. The Morgan fingerprint density at radius 2 is 1.44 bits per heavy atom. The van der Waals surface area contributed by atoms with Gasteiger partial charge in [-0.3, -0.25) is 24.0 Å². The molecule has 0 aliphatic heterocycles. The van der Waals surface area contributed by atoms with E-state index in [1.807, 2.05) is 6.92 Å². The SMILES string of the molecule is CCS[C@H]([C@H](OC(C)=O)[C@H](OC(C)=O)[C@H](OC(C)=O)[C@@H](COC(C)=O)OC(C)=O)n1cnc2c(=S)nc[nH]c21. The van der Waals surface area contributed by atoms with E-state index in [9.17, 15) is 24.0 Å². The molecule has 2 heterocycles. The number of carbonyl (C=O) groups is 5. The number of imidazole rings is 1. The molecule has 39 heavy (non-hydrogen) atoms. The van der Waals surface area contributed by atoms with Crippen molar-refractivity contribution in [2.75, 3.05) is 12.4 Å². The summed E-state index contributed by atoms with van der Waals surface area (Å²) in [4.78, 5) is 71.7. The van der Waals surface area contributed by atoms with Crippen molar-refractivity contribution in [3.63, 3.8) is 0 Å². The van der Waals surface area contributed by atoms with Crippen LogP contribution in [0.15, 0.2) is 12.7 Å². The molecule has 2 rings (SSSR count). The fourth-order valence-electron chi connectivity index (χ4n) is 3.72. The number of esters is 5. The zero-order chi connectivity index (χ0) is 29.3. The predicted octanol–water partition coefficient (Wildman–Crippen LogP) is 2.03. The van der Waals surface area contributed by atoms with Gasteiger partial charge in [-0.1, -0.05) is 19.1 Å². The van der Waals surface area contributed by atoms with Crippen molar-refractivity contribution < 1.29 is 47.7 Å². The van der Waals surface area contributed by atoms with Crippen molar-refractivity contribution in [3.8, 4) is 0 Å². The minimum Gasteiger partial charge on any atom is -0.462 e. The fraction of sp³-hybridized carbons (Fsp3) is 0.565. The van der Waals surface area contributed by atoms with Crippen LogP contribution < -0.4 is 0 Å². The summed E-state index contributed by atoms with van der Waals surface area (Å²) in [5, 5.41) is -0.842. The van der Waals surface area contributed by atoms with Gasteiger partial charge in [0, 0.05) is 34.6 Å². The van der Waals surface area contributed by atoms with Gasteiger partial charge >= 0.3 is 29.8 Å². The molecule has 0 amide bonds. The van der Waals surface area contributed by atoms with Crippen LogP contribution in [0.3, 0.4) is 0 Å². The number of ether oxygens (including phenoxy) is 5. The molecule has 0 saturated heterocycles. The fourth-order valence-corrected chi connectivity index (χ4v) is 4.98. The number of hydrogen-bond donors (Lipinski definition) is 1. The summed E-state index contributed by atoms with van der Waals surface area (Å²) in [5.74, 6) is -3.41. The van der Waals surface area contributed by atoms with E-state index in [1.165, 1.54) is 24.4 Å². The molecule has 0 aromatic carbocycles. The van der Waals surface area contributed by atoms with Gasteiger partial charge in [0.15, 0.2) is 29.1 Å². The minimum absolute atomic E-state index is 0.220. The second kappa shape index (κ2) is 14.6. The van der Waals surface area contributed by atoms with Crippen LogP contribution in [0.4, 0.5) is 0 Å². The standard InChI is InChI=1S/C23H30N4O10S2/c1-7-39-23(27-10-26-17-21(27)24-9-25-22(17)38)20(37-15(6)32)19(36-14(5)31)18(35-13(4)30)16(34-12(3)29)8-33-11(2)28/h9-10,16,18-20,23H,7-8H2,1-6H3,(H,24,25,38)/t16-,18-,19-,20-,23-/m1/s1. The van der Waals surface area contributed by atoms with E-state index >= 15 is 0 Å². The quantitative estimate of drug-likeness (QED) is 0.205. The zero-order valence-electron chi connectivity index (χ0n) is 22.2. The van der Waals surface area contributed by atoms with Gasteiger partial charge in [-0.05, 0) is 5.75 Å². The topological polar surface area (TPSA) is 178 Å². The van der Waals surface area contributed by atoms with Crippen LogP contribution in [0, 0.1) is 4.64 Å². The van der Waals surface area contributed by atoms with Crippen molar-refractivity contribution in [1.29, 1.82) is 0 Å². The second-order valence-electron chi connectivity index (χ2n) is 8.08. The van der Waals surface area contributed by atoms with Gasteiger partial charge < -0.3 is 33.2 Å². The van der Waals surface area contributed by atoms with Gasteiger partial charge in [-0.15, -0.1) is 11.8 Å². The molecule has 0 fully saturated rings. The summed E-state index contributed by atoms with van der Waals surface area (Å²) in [7, 11) is 0. The summed E-state index contributed by atoms with van der Waals surface area (Å²) in [6.07, 6.45) is -3.06. The monoisotopic (exact) mass is 586 g/mol. The van der Waals surface area contributed by atoms with Crippen LogP contribution in [0.1, 0.15) is 46.9 Å². The zero-order valence-corrected chi connectivity index (χ0v) is 23.8. The van der Waals surface area contributed by atoms with E-state index < -0.39 is 66.2 Å². The highest BCUT2D eigenvalue weighted by Gasteiger charge is 2.47. The Kier molecular flexibility index (Phi) is 11.8. The van der Waals surface area contributed by atoms with E-state index in [-0.39, 0.29) is 4.64 Å². The van der Waals surface area contributed by atoms with E-state index in [1.54, 1.807) is 4.57 Å². The molecule has 0 aliphatic carbocycles. The van der Waals surface area contributed by atoms with Gasteiger partial charge in [0.05, 0.1) is 12.7 Å². The molecule has 0 unspecified atom stereocenters. The van der Waals surface area contributed by atoms with Gasteiger partial charge in [-0.25, -0.2) is 9.97 Å². The van der Waals surface area contributed by atoms with E-state index in [2.05, 4.69) is 15.0 Å². The van der Waals surface area contributed by atoms with E-state index in [0.717, 1.165) is 34.6 Å². The second-order valence-corrected chi connectivity index (χ2v) is 9.86. The number of nitrogens with zero attached hydrogens (tertiary/aromatic N) is 3. The summed E-state index contributed by atoms with van der Waals surface area (Å²) >= 11 is 6.55. The molecule has 214 valence electrons. The highest BCUT2D eigenvalue weighted by Crippen LogP contribution is 2.36. The molecular formula is C23H30N4O10S2. The first kappa shape index (κ1) is 31.7. The molecule has 0 spiro atoms. The lowest BCUT2D eigenvalue weighted by molar-refractivity contribution is -0.203. The maximum atomic E-state index is 12.4. The third kappa shape index (κ3) is 9.02. The summed E-state index contributed by atoms with van der Waals surface area (Å²) in [6, 6.07) is 0. The first-order chi connectivity index (χ1) is 18.3. The third-order valence-corrected chi connectivity index (χ3v) is 6.43. The number of aromatic nitrogens is 4. The van der Waals surface area contributed by atoms with E-state index in [0.29, 0.717) is 16.9 Å². The minimum atomic E-state index is -1.56. The number of rotatable bonds is 13. The molecule has 16 heteroatoms. The number of thioether (sulfide) groups is 1. The lowest BCUT2D eigenvalue weighted by Gasteiger charge is -2.38. The Labute approximate surface area is 233 Å². The average molecular weight is 587 g/mol. The number of hydrogen-bond acceptors (Lipinski definition) is 14. The molecule has 0 aliphatic rings. The molecule has 5 atom stereocenters. The van der Waals surface area contributed by atoms with Crippen LogP contribution in [-0.2, 0) is 47.7 Å². The summed E-state index contributed by atoms with van der Waals surface area (Å²) in [5.41, 5.74) is 0.796. The first-order valence-corrected chi connectivity index (χ1v) is 13.1. The third-order valence-electron chi connectivity index (χ3n) is 4.96. The Bertz CT molecular complexity index is 1260. The Balaban J connectivity index is 2.77. The average Bonchev–Trinajstić information content (AvgIpc) is 3.26. The Morgan fingerprint density at radius 1 is 0.872 bits per heavy atom. The number of H-pyrrole nitrogens is 1. The van der Waals surface area contributed by atoms with Crippen molar-refractivity contribution in [3.05, 3.63) is 17.3 Å². The predicted molar refractivity (Wildman–Crippen MR) is 139 cm³/mol. The molecule has 14 nitrogen and oxygen atoms in total. The normalized spacial score (nSPS) is 14.8. The lowest BCUT2D eigenvalue weighted by Crippen LogP contribution is -2.54. The maximum absolute atomic E-state index is 12.4. The number of carbonyl (C=O) groups excluding carboxylic acids is 5. The van der Waals surface area contributed by atoms with Crippen LogP contribution in [0.2, 0.25) is 0 Å². The number of aromatic amines is 1. The molecule has 0 saturated carbocycles. The van der Waals surface area contributed by atoms with Crippen molar-refractivity contribution in [2.24, 2.45) is 0 Å². The summed E-state index contributed by atoms with van der Waals surface area (Å²) < 4.78 is 29.0. The Hall–Kier alpha value is -3.53. The number of nitrogens with one attached hydrogen (secondary N) is 1. The molecule has 0 bridgehead atoms. The van der Waals surface area contributed by atoms with Crippen LogP contribution >= 0.6 is 24.0 Å². The van der Waals surface area contributed by atoms with Gasteiger partial charge in [0.2, 0.25) is 0 Å². The van der Waals surface area contributed by atoms with Crippen molar-refractivity contribution in [1.82, 2.24) is 19.5 Å². The molecule has 0 radical (unpaired) electrons. The lowest BCUT2D eigenvalue weighted by atomic mass is 10.0. The van der Waals surface area contributed by atoms with E-state index in [4.69, 9.17) is 35.9 Å². The van der Waals surface area contributed by atoms with Crippen LogP contribution in [-0.4, -0.2) is 86.1 Å². The van der Waals surface area contributed by atoms with Crippen molar-refractivity contribution in [2.45, 2.75) is 71.3 Å². The van der Waals surface area contributed by atoms with Gasteiger partial charge in [-0.2, -0.15) is 0 Å². The Morgan fingerprint density at radius 3 is 1.97 bits per heavy atom. The maximum Gasteiger partial charge on any atom is 0.303 e. The van der Waals surface area contributed by atoms with Crippen LogP contribution in [0.25, 0.3) is 11.2 Å². The molecule has 2 aromatic heterocycles. The molecule has 2 aromatic rings. The largest absolute Gasteiger partial charge is 0.462 e. The molecule has 1 N–H and O–H groups in total. The summed E-state index contributed by atoms with van der Waals surface area (Å²) in [6.45, 7) is 6.87. The molecular weight excluding hydrogens is 556 g/mol. The first-order valence-electron chi connectivity index (χ1n) is 11.7. The number of fused-ring (bicyclic) bond motifs is 1. The highest BCUT2D eigenvalue weighted by atomic mass is 32.2. The highest BCUT2D eigenvalue weighted by molar-refractivity contribution is 7.99. The van der Waals surface area contributed by atoms with Gasteiger partial charge in [0.25, 0.3) is 0 Å². The van der Waals surface area contributed by atoms with Crippen LogP contribution in [0.5, 0.6) is 0 Å².